The van der Waals surface area contributed by atoms with Crippen molar-refractivity contribution in [1.82, 2.24) is 24.4 Å². The van der Waals surface area contributed by atoms with Crippen LogP contribution in [-0.4, -0.2) is 55.8 Å². The molecule has 1 saturated heterocycles. The Bertz CT molecular complexity index is 1080. The average molecular weight is 440 g/mol. The molecule has 5 rings (SSSR count). The lowest BCUT2D eigenvalue weighted by molar-refractivity contribution is -0.136. The summed E-state index contributed by atoms with van der Waals surface area (Å²) >= 11 is 0. The minimum atomic E-state index is -0.111. The van der Waals surface area contributed by atoms with E-state index >= 15 is 0 Å². The van der Waals surface area contributed by atoms with Crippen LogP contribution < -0.4 is 5.56 Å². The summed E-state index contributed by atoms with van der Waals surface area (Å²) in [6.45, 7) is 4.48. The van der Waals surface area contributed by atoms with Crippen LogP contribution in [0.5, 0.6) is 0 Å². The molecule has 0 bridgehead atoms. The fraction of sp³-hybridized carbons (Fsp3) is 0.667. The zero-order valence-electron chi connectivity index (χ0n) is 18.9. The van der Waals surface area contributed by atoms with Crippen LogP contribution in [0.3, 0.4) is 0 Å². The van der Waals surface area contributed by atoms with E-state index in [1.54, 1.807) is 4.90 Å². The van der Waals surface area contributed by atoms with E-state index in [-0.39, 0.29) is 23.3 Å². The first-order valence-electron chi connectivity index (χ1n) is 12.2. The highest BCUT2D eigenvalue weighted by atomic mass is 16.2. The number of nitrogens with zero attached hydrogens (tertiary/aromatic N) is 4. The lowest BCUT2D eigenvalue weighted by atomic mass is 9.93. The van der Waals surface area contributed by atoms with Crippen molar-refractivity contribution in [1.29, 1.82) is 0 Å². The van der Waals surface area contributed by atoms with Gasteiger partial charge in [0.1, 0.15) is 0 Å². The van der Waals surface area contributed by atoms with Crippen LogP contribution in [0.2, 0.25) is 0 Å². The summed E-state index contributed by atoms with van der Waals surface area (Å²) in [5, 5.41) is 3.28. The molecule has 2 aromatic heterocycles. The number of carbonyl (C=O) groups excluding carboxylic acids is 2. The van der Waals surface area contributed by atoms with Crippen molar-refractivity contribution in [2.75, 3.05) is 19.6 Å². The maximum Gasteiger partial charge on any atom is 0.277 e. The number of hydrogen-bond donors (Lipinski definition) is 1. The molecule has 2 aromatic rings. The van der Waals surface area contributed by atoms with Gasteiger partial charge in [0.2, 0.25) is 11.8 Å². The largest absolute Gasteiger partial charge is 0.342 e. The summed E-state index contributed by atoms with van der Waals surface area (Å²) in [6.07, 6.45) is 8.28. The van der Waals surface area contributed by atoms with E-state index < -0.39 is 0 Å². The Morgan fingerprint density at radius 2 is 1.94 bits per heavy atom. The Balaban J connectivity index is 1.38. The number of aromatic amines is 1. The number of rotatable bonds is 4. The van der Waals surface area contributed by atoms with Crippen LogP contribution in [0.1, 0.15) is 81.2 Å². The van der Waals surface area contributed by atoms with Crippen molar-refractivity contribution in [3.63, 3.8) is 0 Å². The Labute approximate surface area is 188 Å². The Hall–Kier alpha value is -2.64. The highest BCUT2D eigenvalue weighted by Crippen LogP contribution is 2.31. The van der Waals surface area contributed by atoms with Crippen molar-refractivity contribution in [2.45, 2.75) is 77.2 Å². The van der Waals surface area contributed by atoms with Crippen molar-refractivity contribution < 1.29 is 9.59 Å². The van der Waals surface area contributed by atoms with Gasteiger partial charge in [0, 0.05) is 56.1 Å². The first kappa shape index (κ1) is 21.2. The molecule has 2 aliphatic heterocycles. The number of carbonyl (C=O) groups is 2. The van der Waals surface area contributed by atoms with Crippen molar-refractivity contribution >= 4 is 17.5 Å². The molecule has 8 heteroatoms. The van der Waals surface area contributed by atoms with E-state index in [9.17, 15) is 14.4 Å². The van der Waals surface area contributed by atoms with Crippen molar-refractivity contribution in [2.24, 2.45) is 5.92 Å². The van der Waals surface area contributed by atoms with Gasteiger partial charge >= 0.3 is 0 Å². The molecule has 172 valence electrons. The van der Waals surface area contributed by atoms with E-state index in [1.807, 2.05) is 17.9 Å². The van der Waals surface area contributed by atoms with Crippen LogP contribution >= 0.6 is 0 Å². The number of likely N-dealkylation sites (tertiary alicyclic amines) is 1. The molecule has 2 fully saturated rings. The van der Waals surface area contributed by atoms with Crippen LogP contribution in [-0.2, 0) is 22.6 Å². The molecule has 0 radical (unpaired) electrons. The average Bonchev–Trinajstić information content (AvgIpc) is 3.49. The summed E-state index contributed by atoms with van der Waals surface area (Å²) in [4.78, 5) is 47.1. The van der Waals surface area contributed by atoms with Gasteiger partial charge in [0.05, 0.1) is 17.8 Å². The number of hydrogen-bond acceptors (Lipinski definition) is 4. The maximum absolute atomic E-state index is 13.2. The number of piperidine rings is 1. The summed E-state index contributed by atoms with van der Waals surface area (Å²) < 4.78 is 1.53. The third-order valence-corrected chi connectivity index (χ3v) is 7.48. The predicted molar refractivity (Wildman–Crippen MR) is 120 cm³/mol. The summed E-state index contributed by atoms with van der Waals surface area (Å²) in [5.41, 5.74) is 2.92. The van der Waals surface area contributed by atoms with Gasteiger partial charge < -0.3 is 9.80 Å². The zero-order chi connectivity index (χ0) is 22.2. The van der Waals surface area contributed by atoms with Crippen LogP contribution in [0.4, 0.5) is 0 Å². The fourth-order valence-corrected chi connectivity index (χ4v) is 5.66. The molecule has 8 nitrogen and oxygen atoms in total. The van der Waals surface area contributed by atoms with E-state index in [4.69, 9.17) is 4.98 Å². The van der Waals surface area contributed by atoms with Crippen LogP contribution in [0, 0.1) is 5.92 Å². The van der Waals surface area contributed by atoms with E-state index in [2.05, 4.69) is 5.10 Å². The molecular formula is C24H33N5O3. The number of nitrogens with one attached hydrogen (secondary N) is 1. The second kappa shape index (κ2) is 8.71. The molecule has 1 saturated carbocycles. The zero-order valence-corrected chi connectivity index (χ0v) is 18.9. The molecule has 0 spiro atoms. The predicted octanol–water partition coefficient (Wildman–Crippen LogP) is 2.60. The van der Waals surface area contributed by atoms with Crippen molar-refractivity contribution in [3.8, 4) is 0 Å². The van der Waals surface area contributed by atoms with Gasteiger partial charge in [-0.15, -0.1) is 0 Å². The smallest absolute Gasteiger partial charge is 0.277 e. The number of fused-ring (bicyclic) bond motifs is 2. The second-order valence-corrected chi connectivity index (χ2v) is 9.67. The Morgan fingerprint density at radius 3 is 2.72 bits per heavy atom. The lowest BCUT2D eigenvalue weighted by Crippen LogP contribution is -2.42. The number of aromatic nitrogens is 3. The molecule has 1 atom stereocenters. The van der Waals surface area contributed by atoms with Gasteiger partial charge in [-0.1, -0.05) is 19.8 Å². The quantitative estimate of drug-likeness (QED) is 0.793. The van der Waals surface area contributed by atoms with Gasteiger partial charge in [-0.2, -0.15) is 0 Å². The second-order valence-electron chi connectivity index (χ2n) is 9.67. The topological polar surface area (TPSA) is 90.8 Å². The van der Waals surface area contributed by atoms with Gasteiger partial charge in [0.15, 0.2) is 5.65 Å². The molecule has 1 aliphatic carbocycles. The van der Waals surface area contributed by atoms with E-state index in [0.29, 0.717) is 49.6 Å². The van der Waals surface area contributed by atoms with Crippen LogP contribution in [0.25, 0.3) is 5.65 Å². The molecule has 2 amide bonds. The molecule has 32 heavy (non-hydrogen) atoms. The maximum atomic E-state index is 13.2. The van der Waals surface area contributed by atoms with Crippen molar-refractivity contribution in [3.05, 3.63) is 33.4 Å². The standard InChI is InChI=1S/C24H33N5O3/c1-2-6-22(30)27-12-10-19-18(15-27)24(32)29-21(25-19)13-20(26-29)17-9-5-11-28(14-17)23(31)16-7-3-4-8-16/h13,16-17,26H,2-12,14-15H2,1H3/t17-/m0/s1. The minimum absolute atomic E-state index is 0.101. The summed E-state index contributed by atoms with van der Waals surface area (Å²) in [7, 11) is 0. The highest BCUT2D eigenvalue weighted by molar-refractivity contribution is 5.79. The first-order chi connectivity index (χ1) is 15.5. The number of amides is 2. The third kappa shape index (κ3) is 3.84. The van der Waals surface area contributed by atoms with Gasteiger partial charge in [-0.05, 0) is 32.1 Å². The van der Waals surface area contributed by atoms with Crippen LogP contribution in [0.15, 0.2) is 10.9 Å². The molecule has 1 N–H and O–H groups in total. The SMILES string of the molecule is CCCC(=O)N1CCc2nc3cc([C@H]4CCCN(C(=O)C5CCCC5)C4)[nH]n3c(=O)c2C1. The molecule has 0 unspecified atom stereocenters. The highest BCUT2D eigenvalue weighted by Gasteiger charge is 2.32. The molecule has 4 heterocycles. The van der Waals surface area contributed by atoms with E-state index in [1.165, 1.54) is 4.52 Å². The molecule has 3 aliphatic rings. The van der Waals surface area contributed by atoms with E-state index in [0.717, 1.165) is 62.9 Å². The normalized spacial score (nSPS) is 21.8. The monoisotopic (exact) mass is 439 g/mol. The summed E-state index contributed by atoms with van der Waals surface area (Å²) in [5.74, 6) is 0.802. The van der Waals surface area contributed by atoms with Gasteiger partial charge in [-0.25, -0.2) is 9.50 Å². The fourth-order valence-electron chi connectivity index (χ4n) is 5.66. The number of H-pyrrole nitrogens is 1. The third-order valence-electron chi connectivity index (χ3n) is 7.48. The van der Waals surface area contributed by atoms with Gasteiger partial charge in [0.25, 0.3) is 5.56 Å². The Morgan fingerprint density at radius 1 is 1.12 bits per heavy atom. The first-order valence-corrected chi connectivity index (χ1v) is 12.2. The Kier molecular flexibility index (Phi) is 5.78. The lowest BCUT2D eigenvalue weighted by Gasteiger charge is -2.34. The minimum Gasteiger partial charge on any atom is -0.342 e. The summed E-state index contributed by atoms with van der Waals surface area (Å²) in [6, 6.07) is 1.98. The molecule has 0 aromatic carbocycles. The van der Waals surface area contributed by atoms with Gasteiger partial charge in [-0.3, -0.25) is 19.5 Å². The molecular weight excluding hydrogens is 406 g/mol.